The molecule has 0 spiro atoms. The highest BCUT2D eigenvalue weighted by molar-refractivity contribution is 5.83. The zero-order valence-corrected chi connectivity index (χ0v) is 18.1. The van der Waals surface area contributed by atoms with Crippen LogP contribution in [-0.4, -0.2) is 29.3 Å². The summed E-state index contributed by atoms with van der Waals surface area (Å²) in [5.74, 6) is 5.75. The number of pyridine rings is 1. The molecular formula is C24H24F3N5. The molecule has 0 bridgehead atoms. The van der Waals surface area contributed by atoms with E-state index in [0.29, 0.717) is 29.1 Å². The minimum absolute atomic E-state index is 0.237. The Morgan fingerprint density at radius 2 is 1.91 bits per heavy atom. The molecule has 0 aliphatic heterocycles. The molecule has 2 aromatic heterocycles. The zero-order valence-electron chi connectivity index (χ0n) is 18.1. The summed E-state index contributed by atoms with van der Waals surface area (Å²) in [6, 6.07) is 12.8. The summed E-state index contributed by atoms with van der Waals surface area (Å²) in [4.78, 5) is 4.30. The normalized spacial score (nSPS) is 11.7. The Hall–Kier alpha value is -3.49. The molecule has 3 aromatic rings. The Balaban J connectivity index is 1.79. The summed E-state index contributed by atoms with van der Waals surface area (Å²) in [5, 5.41) is 16.0. The molecule has 1 aromatic carbocycles. The van der Waals surface area contributed by atoms with Crippen molar-refractivity contribution in [2.45, 2.75) is 38.5 Å². The van der Waals surface area contributed by atoms with Crippen molar-refractivity contribution in [3.63, 3.8) is 0 Å². The fraction of sp³-hybridized carbons (Fsp3) is 0.333. The highest BCUT2D eigenvalue weighted by atomic mass is 19.4. The Morgan fingerprint density at radius 1 is 1.12 bits per heavy atom. The van der Waals surface area contributed by atoms with Crippen molar-refractivity contribution in [2.75, 3.05) is 18.9 Å². The maximum absolute atomic E-state index is 13.2. The predicted molar refractivity (Wildman–Crippen MR) is 119 cm³/mol. The Labute approximate surface area is 185 Å². The number of nitrogens with zero attached hydrogens (tertiary/aromatic N) is 3. The van der Waals surface area contributed by atoms with Crippen molar-refractivity contribution in [3.8, 4) is 17.9 Å². The van der Waals surface area contributed by atoms with Crippen molar-refractivity contribution in [1.29, 1.82) is 5.26 Å². The van der Waals surface area contributed by atoms with Gasteiger partial charge >= 0.3 is 6.18 Å². The molecule has 8 heteroatoms. The van der Waals surface area contributed by atoms with Crippen LogP contribution in [0.25, 0.3) is 10.9 Å². The van der Waals surface area contributed by atoms with Crippen LogP contribution in [0, 0.1) is 23.2 Å². The highest BCUT2D eigenvalue weighted by Crippen LogP contribution is 2.26. The van der Waals surface area contributed by atoms with E-state index in [1.807, 2.05) is 19.2 Å². The fourth-order valence-electron chi connectivity index (χ4n) is 3.29. The number of anilines is 1. The van der Waals surface area contributed by atoms with E-state index in [4.69, 9.17) is 0 Å². The highest BCUT2D eigenvalue weighted by Gasteiger charge is 2.29. The third kappa shape index (κ3) is 5.60. The van der Waals surface area contributed by atoms with Crippen LogP contribution in [0.1, 0.15) is 30.8 Å². The number of fused-ring (bicyclic) bond motifs is 1. The average molecular weight is 439 g/mol. The number of aromatic nitrogens is 2. The second-order valence-electron chi connectivity index (χ2n) is 7.98. The van der Waals surface area contributed by atoms with Crippen LogP contribution < -0.4 is 10.6 Å². The molecular weight excluding hydrogens is 415 g/mol. The van der Waals surface area contributed by atoms with E-state index >= 15 is 0 Å². The van der Waals surface area contributed by atoms with E-state index < -0.39 is 18.1 Å². The van der Waals surface area contributed by atoms with Gasteiger partial charge in [0.1, 0.15) is 6.54 Å². The van der Waals surface area contributed by atoms with E-state index in [9.17, 15) is 18.4 Å². The number of nitrogens with one attached hydrogen (secondary N) is 2. The first-order valence-electron chi connectivity index (χ1n) is 10.1. The van der Waals surface area contributed by atoms with Gasteiger partial charge in [-0.05, 0) is 62.7 Å². The van der Waals surface area contributed by atoms with Crippen molar-refractivity contribution in [2.24, 2.45) is 0 Å². The number of benzene rings is 1. The third-order valence-corrected chi connectivity index (χ3v) is 4.96. The lowest BCUT2D eigenvalue weighted by Crippen LogP contribution is -2.18. The Bertz CT molecular complexity index is 1190. The van der Waals surface area contributed by atoms with Crippen LogP contribution in [0.15, 0.2) is 42.6 Å². The van der Waals surface area contributed by atoms with E-state index in [0.717, 1.165) is 10.9 Å². The van der Waals surface area contributed by atoms with Crippen LogP contribution in [0.2, 0.25) is 0 Å². The molecule has 166 valence electrons. The molecule has 0 saturated heterocycles. The van der Waals surface area contributed by atoms with Crippen molar-refractivity contribution >= 4 is 16.6 Å². The molecule has 0 saturated carbocycles. The topological polar surface area (TPSA) is 65.7 Å². The molecule has 32 heavy (non-hydrogen) atoms. The van der Waals surface area contributed by atoms with Gasteiger partial charge in [-0.15, -0.1) is 0 Å². The van der Waals surface area contributed by atoms with Crippen molar-refractivity contribution in [1.82, 2.24) is 14.9 Å². The van der Waals surface area contributed by atoms with Crippen LogP contribution >= 0.6 is 0 Å². The molecule has 3 rings (SSSR count). The molecule has 0 atom stereocenters. The predicted octanol–water partition coefficient (Wildman–Crippen LogP) is 4.58. The van der Waals surface area contributed by atoms with Crippen molar-refractivity contribution in [3.05, 3.63) is 59.5 Å². The van der Waals surface area contributed by atoms with Gasteiger partial charge in [-0.3, -0.25) is 4.98 Å². The van der Waals surface area contributed by atoms with Crippen LogP contribution in [0.4, 0.5) is 18.9 Å². The van der Waals surface area contributed by atoms with Gasteiger partial charge in [-0.25, -0.2) is 0 Å². The second-order valence-corrected chi connectivity index (χ2v) is 7.98. The summed E-state index contributed by atoms with van der Waals surface area (Å²) >= 11 is 0. The minimum Gasteiger partial charge on any atom is -0.373 e. The number of alkyl halides is 3. The number of hydrogen-bond donors (Lipinski definition) is 2. The molecule has 0 unspecified atom stereocenters. The van der Waals surface area contributed by atoms with Gasteiger partial charge in [0.15, 0.2) is 0 Å². The lowest BCUT2D eigenvalue weighted by atomic mass is 9.91. The number of nitriles is 1. The van der Waals surface area contributed by atoms with E-state index in [1.54, 1.807) is 44.3 Å². The van der Waals surface area contributed by atoms with Crippen LogP contribution in [-0.2, 0) is 18.5 Å². The molecule has 0 amide bonds. The smallest absolute Gasteiger partial charge is 0.373 e. The van der Waals surface area contributed by atoms with Gasteiger partial charge in [-0.2, -0.15) is 18.4 Å². The number of halogens is 3. The van der Waals surface area contributed by atoms with Gasteiger partial charge in [0.05, 0.1) is 41.3 Å². The fourth-order valence-corrected chi connectivity index (χ4v) is 3.29. The summed E-state index contributed by atoms with van der Waals surface area (Å²) in [6.45, 7) is 3.34. The summed E-state index contributed by atoms with van der Waals surface area (Å²) in [5.41, 5.74) is 2.48. The quantitative estimate of drug-likeness (QED) is 0.552. The maximum Gasteiger partial charge on any atom is 0.406 e. The van der Waals surface area contributed by atoms with E-state index in [2.05, 4.69) is 33.5 Å². The Morgan fingerprint density at radius 3 is 2.53 bits per heavy atom. The lowest BCUT2D eigenvalue weighted by molar-refractivity contribution is -0.140. The molecule has 0 aliphatic rings. The third-order valence-electron chi connectivity index (χ3n) is 4.96. The molecule has 0 aliphatic carbocycles. The molecule has 0 fully saturated rings. The van der Waals surface area contributed by atoms with Gasteiger partial charge in [0.2, 0.25) is 0 Å². The summed E-state index contributed by atoms with van der Waals surface area (Å²) in [6.07, 6.45) is -2.74. The monoisotopic (exact) mass is 439 g/mol. The minimum atomic E-state index is -4.35. The second kappa shape index (κ2) is 9.33. The number of rotatable bonds is 6. The molecule has 2 heterocycles. The van der Waals surface area contributed by atoms with Gasteiger partial charge in [-0.1, -0.05) is 12.0 Å². The number of hydrogen-bond acceptors (Lipinski definition) is 4. The average Bonchev–Trinajstić information content (AvgIpc) is 3.07. The largest absolute Gasteiger partial charge is 0.406 e. The first-order chi connectivity index (χ1) is 15.1. The van der Waals surface area contributed by atoms with Gasteiger partial charge in [0.25, 0.3) is 0 Å². The van der Waals surface area contributed by atoms with Gasteiger partial charge < -0.3 is 15.2 Å². The van der Waals surface area contributed by atoms with Gasteiger partial charge in [0, 0.05) is 17.4 Å². The standard InChI is InChI=1S/C24H24F3N5/c1-23(2,15-28)22-9-7-19(14-31-22)30-10-4-5-20-12-18-11-17(13-29-3)6-8-21(18)32(20)16-24(25,26)27/h6-9,11-12,14,29-30H,10,13,16H2,1-3H3. The van der Waals surface area contributed by atoms with E-state index in [-0.39, 0.29) is 6.54 Å². The molecule has 5 nitrogen and oxygen atoms in total. The summed E-state index contributed by atoms with van der Waals surface area (Å²) < 4.78 is 40.7. The van der Waals surface area contributed by atoms with Crippen molar-refractivity contribution < 1.29 is 13.2 Å². The lowest BCUT2D eigenvalue weighted by Gasteiger charge is -2.14. The zero-order chi connectivity index (χ0) is 23.4. The first kappa shape index (κ1) is 23.2. The molecule has 2 N–H and O–H groups in total. The summed E-state index contributed by atoms with van der Waals surface area (Å²) in [7, 11) is 1.82. The van der Waals surface area contributed by atoms with Crippen LogP contribution in [0.3, 0.4) is 0 Å². The van der Waals surface area contributed by atoms with E-state index in [1.165, 1.54) is 4.57 Å². The first-order valence-corrected chi connectivity index (χ1v) is 10.1. The Kier molecular flexibility index (Phi) is 6.76. The molecule has 0 radical (unpaired) electrons. The SMILES string of the molecule is CNCc1ccc2c(c1)cc(C#CCNc1ccc(C(C)(C)C#N)nc1)n2CC(F)(F)F. The van der Waals surface area contributed by atoms with Crippen LogP contribution in [0.5, 0.6) is 0 Å². The maximum atomic E-state index is 13.2.